The number of aromatic nitrogens is 2. The van der Waals surface area contributed by atoms with Gasteiger partial charge < -0.3 is 15.7 Å². The highest BCUT2D eigenvalue weighted by molar-refractivity contribution is 6.45. The van der Waals surface area contributed by atoms with Crippen LogP contribution in [-0.2, 0) is 5.41 Å². The second-order valence-corrected chi connectivity index (χ2v) is 11.9. The second-order valence-electron chi connectivity index (χ2n) is 11.9. The van der Waals surface area contributed by atoms with Gasteiger partial charge in [0, 0.05) is 11.4 Å². The van der Waals surface area contributed by atoms with E-state index in [4.69, 9.17) is 41.4 Å². The van der Waals surface area contributed by atoms with Crippen LogP contribution in [-0.4, -0.2) is 51.9 Å². The molecule has 8 radical (unpaired) electrons. The number of rotatable bonds is 11. The van der Waals surface area contributed by atoms with Gasteiger partial charge in [0.1, 0.15) is 0 Å². The SMILES string of the molecule is [B]C([B])(O)C(C)(C)C([B])([B])C(C)(C)c1cnc(Nc2ccccc2)c(Nc2ccccc2C(CC)C(C)C)n1. The molecule has 1 atom stereocenters. The lowest BCUT2D eigenvalue weighted by atomic mass is 9.27. The number of hydrogen-bond acceptors (Lipinski definition) is 5. The van der Waals surface area contributed by atoms with Gasteiger partial charge in [-0.3, -0.25) is 0 Å². The number of para-hydroxylation sites is 2. The molecule has 0 fully saturated rings. The van der Waals surface area contributed by atoms with Crippen molar-refractivity contribution in [1.82, 2.24) is 9.97 Å². The lowest BCUT2D eigenvalue weighted by molar-refractivity contribution is 0.0430. The van der Waals surface area contributed by atoms with E-state index in [1.54, 1.807) is 20.0 Å². The van der Waals surface area contributed by atoms with Gasteiger partial charge in [-0.2, -0.15) is 0 Å². The first-order chi connectivity index (χ1) is 18.0. The molecule has 1 unspecified atom stereocenters. The Hall–Kier alpha value is -2.66. The van der Waals surface area contributed by atoms with Crippen LogP contribution in [0.25, 0.3) is 0 Å². The maximum Gasteiger partial charge on any atom is 0.174 e. The second kappa shape index (κ2) is 11.4. The van der Waals surface area contributed by atoms with E-state index < -0.39 is 21.4 Å². The summed E-state index contributed by atoms with van der Waals surface area (Å²) < 4.78 is 0. The average Bonchev–Trinajstić information content (AvgIpc) is 2.86. The molecule has 1 heterocycles. The number of benzene rings is 2. The largest absolute Gasteiger partial charge is 0.409 e. The van der Waals surface area contributed by atoms with Gasteiger partial charge in [0.15, 0.2) is 11.6 Å². The van der Waals surface area contributed by atoms with E-state index in [1.165, 1.54) is 5.56 Å². The third-order valence-corrected chi connectivity index (χ3v) is 8.38. The van der Waals surface area contributed by atoms with E-state index in [2.05, 4.69) is 43.5 Å². The summed E-state index contributed by atoms with van der Waals surface area (Å²) in [5, 5.41) is 13.7. The van der Waals surface area contributed by atoms with Crippen molar-refractivity contribution in [3.8, 4) is 0 Å². The minimum Gasteiger partial charge on any atom is -0.409 e. The first-order valence-electron chi connectivity index (χ1n) is 13.5. The average molecular weight is 514 g/mol. The van der Waals surface area contributed by atoms with Crippen molar-refractivity contribution in [2.24, 2.45) is 11.3 Å². The molecule has 0 aliphatic heterocycles. The predicted octanol–water partition coefficient (Wildman–Crippen LogP) is 5.85. The van der Waals surface area contributed by atoms with Gasteiger partial charge in [0.2, 0.25) is 0 Å². The van der Waals surface area contributed by atoms with Crippen molar-refractivity contribution in [2.75, 3.05) is 10.6 Å². The first-order valence-corrected chi connectivity index (χ1v) is 13.5. The molecule has 1 aromatic heterocycles. The predicted molar refractivity (Wildman–Crippen MR) is 167 cm³/mol. The zero-order valence-electron chi connectivity index (χ0n) is 24.3. The van der Waals surface area contributed by atoms with Crippen molar-refractivity contribution in [3.63, 3.8) is 0 Å². The lowest BCUT2D eigenvalue weighted by Crippen LogP contribution is -2.59. The number of nitrogens with one attached hydrogen (secondary N) is 2. The Balaban J connectivity index is 2.16. The minimum absolute atomic E-state index is 0.361. The van der Waals surface area contributed by atoms with Gasteiger partial charge in [0.05, 0.1) is 43.3 Å². The molecule has 0 spiro atoms. The number of nitrogens with zero attached hydrogens (tertiary/aromatic N) is 2. The summed E-state index contributed by atoms with van der Waals surface area (Å²) in [6.45, 7) is 13.6. The summed E-state index contributed by atoms with van der Waals surface area (Å²) >= 11 is 0. The van der Waals surface area contributed by atoms with Crippen LogP contribution in [0.4, 0.5) is 23.0 Å². The lowest BCUT2D eigenvalue weighted by Gasteiger charge is -2.58. The maximum absolute atomic E-state index is 10.5. The van der Waals surface area contributed by atoms with E-state index in [1.807, 2.05) is 56.3 Å². The normalized spacial score (nSPS) is 13.8. The standard InChI is InChI=1S/C30H38B4N4O/c1-8-21(19(2)3)22-16-12-13-17-23(22)37-26-25(36-20-14-10-9-11-15-20)35-18-24(38-26)27(4,5)29(31,32)28(6,7)30(33,34)39/h9-19,21,39H,8H2,1-7H3,(H,35,36)(H,37,38). The Bertz CT molecular complexity index is 1260. The van der Waals surface area contributed by atoms with Crippen LogP contribution in [0.15, 0.2) is 60.8 Å². The Labute approximate surface area is 240 Å². The summed E-state index contributed by atoms with van der Waals surface area (Å²) in [5.41, 5.74) is 1.21. The summed E-state index contributed by atoms with van der Waals surface area (Å²) in [5.74, 6) is 1.88. The molecular weight excluding hydrogens is 476 g/mol. The van der Waals surface area contributed by atoms with E-state index in [-0.39, 0.29) is 0 Å². The smallest absolute Gasteiger partial charge is 0.174 e. The van der Waals surface area contributed by atoms with Gasteiger partial charge in [0.25, 0.3) is 0 Å². The third kappa shape index (κ3) is 6.09. The molecule has 0 aliphatic carbocycles. The zero-order chi connectivity index (χ0) is 29.2. The Morgan fingerprint density at radius 1 is 0.846 bits per heavy atom. The fourth-order valence-corrected chi connectivity index (χ4v) is 4.96. The summed E-state index contributed by atoms with van der Waals surface area (Å²) in [7, 11) is 25.3. The zero-order valence-corrected chi connectivity index (χ0v) is 24.3. The van der Waals surface area contributed by atoms with Crippen molar-refractivity contribution in [2.45, 2.75) is 76.8 Å². The first kappa shape index (κ1) is 30.9. The number of anilines is 4. The van der Waals surface area contributed by atoms with Crippen LogP contribution in [0.1, 0.15) is 72.1 Å². The summed E-state index contributed by atoms with van der Waals surface area (Å²) in [6, 6.07) is 18.0. The molecule has 0 bridgehead atoms. The molecule has 39 heavy (non-hydrogen) atoms. The third-order valence-electron chi connectivity index (χ3n) is 8.38. The van der Waals surface area contributed by atoms with Gasteiger partial charge in [-0.1, -0.05) is 90.1 Å². The molecule has 2 aromatic carbocycles. The fourth-order valence-electron chi connectivity index (χ4n) is 4.96. The molecule has 3 N–H and O–H groups in total. The molecule has 0 aliphatic rings. The fraction of sp³-hybridized carbons (Fsp3) is 0.467. The van der Waals surface area contributed by atoms with Gasteiger partial charge in [-0.05, 0) is 58.2 Å². The van der Waals surface area contributed by atoms with Crippen LogP contribution >= 0.6 is 0 Å². The molecular formula is C30H38B4N4O. The minimum atomic E-state index is -2.14. The molecule has 5 nitrogen and oxygen atoms in total. The van der Waals surface area contributed by atoms with Gasteiger partial charge in [-0.15, -0.1) is 0 Å². The van der Waals surface area contributed by atoms with Crippen LogP contribution < -0.4 is 10.6 Å². The molecule has 0 saturated heterocycles. The van der Waals surface area contributed by atoms with E-state index in [9.17, 15) is 5.11 Å². The van der Waals surface area contributed by atoms with E-state index >= 15 is 0 Å². The highest BCUT2D eigenvalue weighted by Gasteiger charge is 2.53. The van der Waals surface area contributed by atoms with Crippen molar-refractivity contribution in [3.05, 3.63) is 72.1 Å². The molecule has 3 rings (SSSR count). The number of aliphatic hydroxyl groups is 1. The van der Waals surface area contributed by atoms with Gasteiger partial charge in [-0.25, -0.2) is 9.97 Å². The Morgan fingerprint density at radius 2 is 1.44 bits per heavy atom. The molecule has 3 aromatic rings. The van der Waals surface area contributed by atoms with Gasteiger partial charge >= 0.3 is 0 Å². The topological polar surface area (TPSA) is 70.1 Å². The summed E-state index contributed by atoms with van der Waals surface area (Å²) in [6.07, 6.45) is 2.64. The van der Waals surface area contributed by atoms with Crippen LogP contribution in [0.3, 0.4) is 0 Å². The Kier molecular flexibility index (Phi) is 9.06. The summed E-state index contributed by atoms with van der Waals surface area (Å²) in [4.78, 5) is 9.76. The van der Waals surface area contributed by atoms with Crippen molar-refractivity contribution in [1.29, 1.82) is 0 Å². The quantitative estimate of drug-likeness (QED) is 0.280. The number of hydrogen-bond donors (Lipinski definition) is 3. The highest BCUT2D eigenvalue weighted by atomic mass is 16.3. The van der Waals surface area contributed by atoms with Crippen LogP contribution in [0.2, 0.25) is 5.21 Å². The maximum atomic E-state index is 10.5. The van der Waals surface area contributed by atoms with Crippen molar-refractivity contribution < 1.29 is 5.11 Å². The highest BCUT2D eigenvalue weighted by Crippen LogP contribution is 2.57. The van der Waals surface area contributed by atoms with Crippen LogP contribution in [0.5, 0.6) is 0 Å². The van der Waals surface area contributed by atoms with Crippen LogP contribution in [0, 0.1) is 11.3 Å². The Morgan fingerprint density at radius 3 is 2.00 bits per heavy atom. The monoisotopic (exact) mass is 514 g/mol. The molecule has 196 valence electrons. The molecule has 0 saturated carbocycles. The molecule has 0 amide bonds. The molecule has 9 heteroatoms. The van der Waals surface area contributed by atoms with E-state index in [0.29, 0.717) is 29.2 Å². The van der Waals surface area contributed by atoms with Crippen molar-refractivity contribution >= 4 is 54.4 Å². The van der Waals surface area contributed by atoms with E-state index in [0.717, 1.165) is 17.8 Å².